The van der Waals surface area contributed by atoms with Gasteiger partial charge in [0.15, 0.2) is 0 Å². The van der Waals surface area contributed by atoms with Crippen molar-refractivity contribution < 1.29 is 0 Å². The lowest BCUT2D eigenvalue weighted by molar-refractivity contribution is 0.973. The first kappa shape index (κ1) is 14.1. The van der Waals surface area contributed by atoms with Crippen LogP contribution in [-0.4, -0.2) is 9.97 Å². The Bertz CT molecular complexity index is 610. The maximum absolute atomic E-state index is 5.84. The fourth-order valence-corrected chi connectivity index (χ4v) is 2.73. The summed E-state index contributed by atoms with van der Waals surface area (Å²) in [6, 6.07) is 7.75. The average molecular weight is 362 g/mol. The van der Waals surface area contributed by atoms with E-state index in [-0.39, 0.29) is 0 Å². The number of nitrogens with one attached hydrogen (secondary N) is 1. The average Bonchev–Trinajstić information content (AvgIpc) is 2.35. The summed E-state index contributed by atoms with van der Waals surface area (Å²) in [4.78, 5) is 8.71. The Balaban J connectivity index is 2.11. The van der Waals surface area contributed by atoms with E-state index in [1.54, 1.807) is 11.8 Å². The number of aromatic nitrogens is 2. The molecule has 2 rings (SSSR count). The summed E-state index contributed by atoms with van der Waals surface area (Å²) in [7, 11) is 0. The normalized spacial score (nSPS) is 10.6. The van der Waals surface area contributed by atoms with Crippen molar-refractivity contribution in [3.05, 3.63) is 49.9 Å². The van der Waals surface area contributed by atoms with Gasteiger partial charge in [0.1, 0.15) is 10.5 Å². The quantitative estimate of drug-likeness (QED) is 0.605. The van der Waals surface area contributed by atoms with Crippen LogP contribution in [0.4, 0.5) is 0 Å². The Hall–Kier alpha value is -0.360. The number of halogens is 2. The Morgan fingerprint density at radius 3 is 2.67 bits per heavy atom. The first-order valence-electron chi connectivity index (χ1n) is 5.20. The Labute approximate surface area is 128 Å². The maximum atomic E-state index is 5.84. The molecular weight excluding hydrogens is 352 g/mol. The van der Waals surface area contributed by atoms with Gasteiger partial charge in [0.2, 0.25) is 0 Å². The van der Waals surface area contributed by atoms with E-state index in [4.69, 9.17) is 23.8 Å². The molecule has 0 atom stereocenters. The van der Waals surface area contributed by atoms with Crippen LogP contribution in [0.15, 0.2) is 33.6 Å². The molecule has 1 heterocycles. The molecule has 0 aliphatic carbocycles. The summed E-state index contributed by atoms with van der Waals surface area (Å²) in [5.74, 6) is 1.62. The summed E-state index contributed by atoms with van der Waals surface area (Å²) in [5.41, 5.74) is 1.00. The number of hydrogen-bond donors (Lipinski definition) is 1. The molecule has 0 radical (unpaired) electrons. The first-order valence-corrected chi connectivity index (χ1v) is 7.76. The summed E-state index contributed by atoms with van der Waals surface area (Å²) in [6.07, 6.45) is 0. The fraction of sp³-hybridized carbons (Fsp3) is 0.167. The van der Waals surface area contributed by atoms with Crippen molar-refractivity contribution in [2.45, 2.75) is 17.6 Å². The van der Waals surface area contributed by atoms with Gasteiger partial charge in [-0.1, -0.05) is 23.8 Å². The molecule has 0 aliphatic heterocycles. The van der Waals surface area contributed by atoms with Crippen LogP contribution in [-0.2, 0) is 5.75 Å². The van der Waals surface area contributed by atoms with Gasteiger partial charge in [-0.3, -0.25) is 0 Å². The number of hydrogen-bond acceptors (Lipinski definition) is 3. The van der Waals surface area contributed by atoms with Crippen LogP contribution < -0.4 is 0 Å². The van der Waals surface area contributed by atoms with E-state index in [1.165, 1.54) is 0 Å². The molecule has 0 unspecified atom stereocenters. The van der Waals surface area contributed by atoms with Crippen LogP contribution in [0.5, 0.6) is 0 Å². The molecule has 1 aromatic heterocycles. The molecule has 2 aromatic rings. The second kappa shape index (κ2) is 6.19. The van der Waals surface area contributed by atoms with E-state index >= 15 is 0 Å². The van der Waals surface area contributed by atoms with Gasteiger partial charge in [0, 0.05) is 15.6 Å². The minimum absolute atomic E-state index is 0.595. The molecule has 94 valence electrons. The Morgan fingerprint density at radius 1 is 1.39 bits per heavy atom. The molecule has 0 bridgehead atoms. The van der Waals surface area contributed by atoms with Crippen molar-refractivity contribution in [2.24, 2.45) is 0 Å². The van der Waals surface area contributed by atoms with Crippen molar-refractivity contribution in [1.82, 2.24) is 9.97 Å². The maximum Gasteiger partial charge on any atom is 0.144 e. The molecule has 1 N–H and O–H groups in total. The zero-order chi connectivity index (χ0) is 13.1. The summed E-state index contributed by atoms with van der Waals surface area (Å²) in [5, 5.41) is 0.747. The molecule has 0 saturated carbocycles. The zero-order valence-electron chi connectivity index (χ0n) is 9.54. The van der Waals surface area contributed by atoms with Crippen LogP contribution in [0, 0.1) is 11.6 Å². The Kier molecular flexibility index (Phi) is 4.84. The van der Waals surface area contributed by atoms with E-state index in [2.05, 4.69) is 25.9 Å². The molecule has 0 amide bonds. The molecule has 0 fully saturated rings. The number of aromatic amines is 1. The van der Waals surface area contributed by atoms with Crippen LogP contribution in [0.2, 0.25) is 5.02 Å². The molecular formula is C12H10BrClN2S2. The minimum atomic E-state index is 0.595. The number of nitrogens with zero attached hydrogens (tertiary/aromatic N) is 1. The van der Waals surface area contributed by atoms with E-state index in [1.807, 2.05) is 31.2 Å². The van der Waals surface area contributed by atoms with Crippen LogP contribution in [0.1, 0.15) is 11.5 Å². The third-order valence-electron chi connectivity index (χ3n) is 2.27. The second-order valence-electron chi connectivity index (χ2n) is 3.67. The molecule has 0 saturated heterocycles. The van der Waals surface area contributed by atoms with Crippen molar-refractivity contribution in [3.63, 3.8) is 0 Å². The number of benzene rings is 1. The van der Waals surface area contributed by atoms with Gasteiger partial charge < -0.3 is 4.98 Å². The lowest BCUT2D eigenvalue weighted by Crippen LogP contribution is -1.97. The molecule has 6 heteroatoms. The molecule has 0 aliphatic rings. The van der Waals surface area contributed by atoms with Gasteiger partial charge in [-0.25, -0.2) is 4.98 Å². The summed E-state index contributed by atoms with van der Waals surface area (Å²) < 4.78 is 1.45. The third-order valence-corrected chi connectivity index (χ3v) is 5.08. The molecule has 1 aromatic carbocycles. The lowest BCUT2D eigenvalue weighted by Gasteiger charge is -2.05. The van der Waals surface area contributed by atoms with Crippen molar-refractivity contribution in [1.29, 1.82) is 0 Å². The smallest absolute Gasteiger partial charge is 0.144 e. The predicted molar refractivity (Wildman–Crippen MR) is 82.9 cm³/mol. The Morgan fingerprint density at radius 2 is 2.06 bits per heavy atom. The fourth-order valence-electron chi connectivity index (χ4n) is 1.38. The number of thioether (sulfide) groups is 1. The van der Waals surface area contributed by atoms with Gasteiger partial charge in [0.05, 0.1) is 10.2 Å². The third kappa shape index (κ3) is 3.57. The molecule has 0 spiro atoms. The highest BCUT2D eigenvalue weighted by molar-refractivity contribution is 9.10. The predicted octanol–water partition coefficient (Wildman–Crippen LogP) is 5.16. The highest BCUT2D eigenvalue weighted by atomic mass is 79.9. The molecule has 18 heavy (non-hydrogen) atoms. The minimum Gasteiger partial charge on any atom is -0.346 e. The monoisotopic (exact) mass is 360 g/mol. The number of aryl methyl sites for hydroxylation is 1. The number of rotatable bonds is 3. The topological polar surface area (TPSA) is 28.7 Å². The van der Waals surface area contributed by atoms with Crippen LogP contribution in [0.3, 0.4) is 0 Å². The van der Waals surface area contributed by atoms with Gasteiger partial charge in [-0.2, -0.15) is 0 Å². The standard InChI is InChI=1S/C12H10BrClN2S2/c1-7-11(13)12(17)16-10(15-7)6-18-9-4-2-8(14)3-5-9/h2-5H,6H2,1H3,(H,15,16,17). The van der Waals surface area contributed by atoms with Gasteiger partial charge in [-0.05, 0) is 47.1 Å². The SMILES string of the molecule is Cc1[nH]c(CSc2ccc(Cl)cc2)nc(=S)c1Br. The first-order chi connectivity index (χ1) is 8.56. The van der Waals surface area contributed by atoms with Crippen LogP contribution in [0.25, 0.3) is 0 Å². The van der Waals surface area contributed by atoms with Crippen molar-refractivity contribution in [2.75, 3.05) is 0 Å². The largest absolute Gasteiger partial charge is 0.346 e. The highest BCUT2D eigenvalue weighted by Gasteiger charge is 2.03. The summed E-state index contributed by atoms with van der Waals surface area (Å²) >= 11 is 16.1. The molecule has 2 nitrogen and oxygen atoms in total. The van der Waals surface area contributed by atoms with E-state index < -0.39 is 0 Å². The summed E-state index contributed by atoms with van der Waals surface area (Å²) in [6.45, 7) is 1.97. The van der Waals surface area contributed by atoms with Gasteiger partial charge >= 0.3 is 0 Å². The number of H-pyrrole nitrogens is 1. The van der Waals surface area contributed by atoms with Crippen molar-refractivity contribution >= 4 is 51.5 Å². The van der Waals surface area contributed by atoms with Crippen molar-refractivity contribution in [3.8, 4) is 0 Å². The second-order valence-corrected chi connectivity index (χ2v) is 6.34. The van der Waals surface area contributed by atoms with Crippen LogP contribution >= 0.6 is 51.5 Å². The zero-order valence-corrected chi connectivity index (χ0v) is 13.5. The van der Waals surface area contributed by atoms with E-state index in [9.17, 15) is 0 Å². The van der Waals surface area contributed by atoms with Gasteiger partial charge in [-0.15, -0.1) is 11.8 Å². The lowest BCUT2D eigenvalue weighted by atomic mass is 10.4. The van der Waals surface area contributed by atoms with E-state index in [0.29, 0.717) is 4.64 Å². The van der Waals surface area contributed by atoms with E-state index in [0.717, 1.165) is 31.7 Å². The van der Waals surface area contributed by atoms with Gasteiger partial charge in [0.25, 0.3) is 0 Å². The highest BCUT2D eigenvalue weighted by Crippen LogP contribution is 2.24.